The molecule has 5 N–H and O–H groups in total. The SMILES string of the molecule is NC1CCC(Nc2c(C(=O)NCc3ccc(-n4ccnc4)cc3)cnc3[nH]c(C4CCCC4)cc23)CC1. The molecule has 8 heteroatoms. The number of aromatic nitrogens is 4. The maximum Gasteiger partial charge on any atom is 0.255 e. The lowest BCUT2D eigenvalue weighted by atomic mass is 9.91. The predicted octanol–water partition coefficient (Wildman–Crippen LogP) is 5.02. The van der Waals surface area contributed by atoms with E-state index in [9.17, 15) is 4.79 Å². The quantitative estimate of drug-likeness (QED) is 0.286. The Morgan fingerprint density at radius 3 is 2.59 bits per heavy atom. The van der Waals surface area contributed by atoms with E-state index in [1.165, 1.54) is 31.4 Å². The highest BCUT2D eigenvalue weighted by Gasteiger charge is 2.25. The second-order valence-corrected chi connectivity index (χ2v) is 10.6. The van der Waals surface area contributed by atoms with Crippen molar-refractivity contribution in [2.24, 2.45) is 5.73 Å². The number of imidazole rings is 1. The van der Waals surface area contributed by atoms with Crippen LogP contribution in [0.5, 0.6) is 0 Å². The first-order valence-electron chi connectivity index (χ1n) is 13.5. The number of benzene rings is 1. The van der Waals surface area contributed by atoms with E-state index in [0.29, 0.717) is 24.1 Å². The molecule has 8 nitrogen and oxygen atoms in total. The molecule has 0 atom stereocenters. The van der Waals surface area contributed by atoms with Gasteiger partial charge >= 0.3 is 0 Å². The number of carbonyl (C=O) groups excluding carboxylic acids is 1. The standard InChI is InChI=1S/C29H35N7O/c30-21-7-9-22(10-8-21)34-27-24-15-26(20-3-1-2-4-20)35-28(24)32-17-25(27)29(37)33-16-19-5-11-23(12-6-19)36-14-13-31-18-36/h5-6,11-15,17-18,20-22H,1-4,7-10,16,30H2,(H,33,37)(H2,32,34,35). The molecular formula is C29H35N7O. The summed E-state index contributed by atoms with van der Waals surface area (Å²) >= 11 is 0. The normalized spacial score (nSPS) is 20.4. The molecule has 0 radical (unpaired) electrons. The molecule has 4 aromatic rings. The lowest BCUT2D eigenvalue weighted by Gasteiger charge is -2.28. The van der Waals surface area contributed by atoms with Crippen LogP contribution in [0.4, 0.5) is 5.69 Å². The van der Waals surface area contributed by atoms with Crippen molar-refractivity contribution >= 4 is 22.6 Å². The summed E-state index contributed by atoms with van der Waals surface area (Å²) in [6.07, 6.45) is 16.2. The number of rotatable bonds is 7. The fourth-order valence-corrected chi connectivity index (χ4v) is 5.82. The van der Waals surface area contributed by atoms with Crippen LogP contribution in [-0.4, -0.2) is 37.5 Å². The Balaban J connectivity index is 1.24. The molecular weight excluding hydrogens is 462 g/mol. The molecule has 192 valence electrons. The molecule has 0 aliphatic heterocycles. The van der Waals surface area contributed by atoms with Gasteiger partial charge in [0.15, 0.2) is 0 Å². The second kappa shape index (κ2) is 10.4. The molecule has 3 aromatic heterocycles. The van der Waals surface area contributed by atoms with Gasteiger partial charge in [0, 0.05) is 54.0 Å². The Morgan fingerprint density at radius 1 is 1.08 bits per heavy atom. The third-order valence-corrected chi connectivity index (χ3v) is 8.03. The van der Waals surface area contributed by atoms with Gasteiger partial charge in [-0.2, -0.15) is 0 Å². The fraction of sp³-hybridized carbons (Fsp3) is 0.414. The van der Waals surface area contributed by atoms with Crippen LogP contribution in [0.1, 0.15) is 78.9 Å². The molecule has 6 rings (SSSR count). The van der Waals surface area contributed by atoms with Gasteiger partial charge in [-0.15, -0.1) is 0 Å². The van der Waals surface area contributed by atoms with E-state index in [1.54, 1.807) is 18.7 Å². The van der Waals surface area contributed by atoms with Gasteiger partial charge in [-0.3, -0.25) is 4.79 Å². The summed E-state index contributed by atoms with van der Waals surface area (Å²) in [5, 5.41) is 7.85. The number of hydrogen-bond donors (Lipinski definition) is 4. The predicted molar refractivity (Wildman–Crippen MR) is 146 cm³/mol. The van der Waals surface area contributed by atoms with Crippen molar-refractivity contribution in [1.82, 2.24) is 24.8 Å². The molecule has 2 fully saturated rings. The third-order valence-electron chi connectivity index (χ3n) is 8.03. The van der Waals surface area contributed by atoms with Gasteiger partial charge in [0.2, 0.25) is 0 Å². The number of pyridine rings is 1. The minimum absolute atomic E-state index is 0.119. The average molecular weight is 498 g/mol. The minimum atomic E-state index is -0.119. The number of nitrogens with one attached hydrogen (secondary N) is 3. The van der Waals surface area contributed by atoms with E-state index in [2.05, 4.69) is 31.7 Å². The first-order chi connectivity index (χ1) is 18.1. The number of fused-ring (bicyclic) bond motifs is 1. The van der Waals surface area contributed by atoms with Crippen LogP contribution in [0.2, 0.25) is 0 Å². The molecule has 0 spiro atoms. The van der Waals surface area contributed by atoms with Crippen molar-refractivity contribution in [2.75, 3.05) is 5.32 Å². The molecule has 0 unspecified atom stereocenters. The molecule has 2 aliphatic rings. The number of nitrogens with two attached hydrogens (primary N) is 1. The number of aromatic amines is 1. The Labute approximate surface area is 217 Å². The molecule has 37 heavy (non-hydrogen) atoms. The van der Waals surface area contributed by atoms with Crippen LogP contribution in [0.25, 0.3) is 16.7 Å². The Kier molecular flexibility index (Phi) is 6.66. The highest BCUT2D eigenvalue weighted by molar-refractivity contribution is 6.06. The second-order valence-electron chi connectivity index (χ2n) is 10.6. The zero-order valence-electron chi connectivity index (χ0n) is 21.1. The molecule has 0 saturated heterocycles. The van der Waals surface area contributed by atoms with Crippen molar-refractivity contribution in [1.29, 1.82) is 0 Å². The average Bonchev–Trinajstić information content (AvgIpc) is 3.71. The van der Waals surface area contributed by atoms with Crippen molar-refractivity contribution in [3.05, 3.63) is 72.1 Å². The van der Waals surface area contributed by atoms with Crippen molar-refractivity contribution in [3.63, 3.8) is 0 Å². The van der Waals surface area contributed by atoms with E-state index in [-0.39, 0.29) is 11.9 Å². The highest BCUT2D eigenvalue weighted by Crippen LogP contribution is 2.37. The summed E-state index contributed by atoms with van der Waals surface area (Å²) in [4.78, 5) is 25.8. The summed E-state index contributed by atoms with van der Waals surface area (Å²) in [5.41, 5.74) is 11.8. The lowest BCUT2D eigenvalue weighted by Crippen LogP contribution is -2.33. The zero-order chi connectivity index (χ0) is 25.2. The zero-order valence-corrected chi connectivity index (χ0v) is 21.1. The van der Waals surface area contributed by atoms with Crippen molar-refractivity contribution in [2.45, 2.75) is 75.9 Å². The Morgan fingerprint density at radius 2 is 1.86 bits per heavy atom. The largest absolute Gasteiger partial charge is 0.381 e. The van der Waals surface area contributed by atoms with Crippen LogP contribution < -0.4 is 16.4 Å². The maximum absolute atomic E-state index is 13.5. The van der Waals surface area contributed by atoms with E-state index < -0.39 is 0 Å². The summed E-state index contributed by atoms with van der Waals surface area (Å²) in [6, 6.07) is 10.9. The van der Waals surface area contributed by atoms with Crippen LogP contribution in [0, 0.1) is 0 Å². The van der Waals surface area contributed by atoms with Gasteiger partial charge in [-0.05, 0) is 68.2 Å². The minimum Gasteiger partial charge on any atom is -0.381 e. The van der Waals surface area contributed by atoms with Gasteiger partial charge in [-0.25, -0.2) is 9.97 Å². The van der Waals surface area contributed by atoms with Crippen LogP contribution in [0.15, 0.2) is 55.2 Å². The van der Waals surface area contributed by atoms with Gasteiger partial charge < -0.3 is 25.9 Å². The van der Waals surface area contributed by atoms with E-state index in [0.717, 1.165) is 53.7 Å². The molecule has 2 aliphatic carbocycles. The van der Waals surface area contributed by atoms with Crippen molar-refractivity contribution in [3.8, 4) is 5.69 Å². The van der Waals surface area contributed by atoms with Crippen molar-refractivity contribution < 1.29 is 4.79 Å². The number of amides is 1. The summed E-state index contributed by atoms with van der Waals surface area (Å²) in [7, 11) is 0. The van der Waals surface area contributed by atoms with E-state index in [4.69, 9.17) is 5.73 Å². The third kappa shape index (κ3) is 5.11. The van der Waals surface area contributed by atoms with Gasteiger partial charge in [0.25, 0.3) is 5.91 Å². The summed E-state index contributed by atoms with van der Waals surface area (Å²) in [5.74, 6) is 0.434. The van der Waals surface area contributed by atoms with Crippen LogP contribution >= 0.6 is 0 Å². The molecule has 1 aromatic carbocycles. The lowest BCUT2D eigenvalue weighted by molar-refractivity contribution is 0.0951. The molecule has 0 bridgehead atoms. The van der Waals surface area contributed by atoms with Crippen LogP contribution in [-0.2, 0) is 6.54 Å². The number of nitrogens with zero attached hydrogens (tertiary/aromatic N) is 3. The van der Waals surface area contributed by atoms with Gasteiger partial charge in [-0.1, -0.05) is 25.0 Å². The summed E-state index contributed by atoms with van der Waals surface area (Å²) < 4.78 is 1.95. The highest BCUT2D eigenvalue weighted by atomic mass is 16.1. The van der Waals surface area contributed by atoms with Gasteiger partial charge in [0.05, 0.1) is 17.6 Å². The monoisotopic (exact) mass is 497 g/mol. The number of hydrogen-bond acceptors (Lipinski definition) is 5. The first kappa shape index (κ1) is 23.7. The molecule has 3 heterocycles. The van der Waals surface area contributed by atoms with Crippen LogP contribution in [0.3, 0.4) is 0 Å². The first-order valence-corrected chi connectivity index (χ1v) is 13.5. The number of anilines is 1. The molecule has 2 saturated carbocycles. The van der Waals surface area contributed by atoms with Gasteiger partial charge in [0.1, 0.15) is 5.65 Å². The summed E-state index contributed by atoms with van der Waals surface area (Å²) in [6.45, 7) is 0.444. The van der Waals surface area contributed by atoms with E-state index >= 15 is 0 Å². The smallest absolute Gasteiger partial charge is 0.255 e. The number of carbonyl (C=O) groups is 1. The Hall–Kier alpha value is -3.65. The fourth-order valence-electron chi connectivity index (χ4n) is 5.82. The maximum atomic E-state index is 13.5. The van der Waals surface area contributed by atoms with E-state index in [1.807, 2.05) is 35.0 Å². The topological polar surface area (TPSA) is 114 Å². The Bertz CT molecular complexity index is 1350. The number of H-pyrrole nitrogens is 1. The molecule has 1 amide bonds.